The fourth-order valence-corrected chi connectivity index (χ4v) is 2.89. The Morgan fingerprint density at radius 2 is 2.00 bits per heavy atom. The van der Waals surface area contributed by atoms with Crippen LogP contribution in [0.25, 0.3) is 0 Å². The SMILES string of the molecule is CO/N=C(\C)Cc1c(Cl)sc(Cl)c1Cl. The van der Waals surface area contributed by atoms with Gasteiger partial charge in [-0.05, 0) is 6.92 Å². The Hall–Kier alpha value is 0.0400. The Bertz CT molecular complexity index is 362. The van der Waals surface area contributed by atoms with Crippen LogP contribution in [0.4, 0.5) is 0 Å². The number of oxime groups is 1. The topological polar surface area (TPSA) is 21.6 Å². The Balaban J connectivity index is 2.91. The molecule has 0 bridgehead atoms. The summed E-state index contributed by atoms with van der Waals surface area (Å²) in [6, 6.07) is 0. The molecule has 0 aliphatic heterocycles. The van der Waals surface area contributed by atoms with Gasteiger partial charge in [-0.2, -0.15) is 0 Å². The fourth-order valence-electron chi connectivity index (χ4n) is 0.981. The van der Waals surface area contributed by atoms with Gasteiger partial charge in [-0.25, -0.2) is 0 Å². The maximum atomic E-state index is 5.96. The van der Waals surface area contributed by atoms with Crippen LogP contribution in [0.5, 0.6) is 0 Å². The summed E-state index contributed by atoms with van der Waals surface area (Å²) in [5.41, 5.74) is 1.60. The third kappa shape index (κ3) is 2.76. The number of thiophene rings is 1. The molecule has 0 N–H and O–H groups in total. The van der Waals surface area contributed by atoms with E-state index in [-0.39, 0.29) is 0 Å². The minimum Gasteiger partial charge on any atom is -0.399 e. The van der Waals surface area contributed by atoms with Crippen molar-refractivity contribution in [2.75, 3.05) is 7.11 Å². The molecule has 14 heavy (non-hydrogen) atoms. The zero-order valence-corrected chi connectivity index (χ0v) is 10.7. The van der Waals surface area contributed by atoms with Crippen LogP contribution in [-0.4, -0.2) is 12.8 Å². The summed E-state index contributed by atoms with van der Waals surface area (Å²) in [5.74, 6) is 0. The second-order valence-corrected chi connectivity index (χ2v) is 5.23. The molecule has 0 atom stereocenters. The van der Waals surface area contributed by atoms with Gasteiger partial charge >= 0.3 is 0 Å². The van der Waals surface area contributed by atoms with Crippen molar-refractivity contribution in [3.8, 4) is 0 Å². The molecule has 0 saturated heterocycles. The van der Waals surface area contributed by atoms with Gasteiger partial charge in [-0.3, -0.25) is 0 Å². The monoisotopic (exact) mass is 271 g/mol. The average Bonchev–Trinajstić information content (AvgIpc) is 2.33. The van der Waals surface area contributed by atoms with Crippen molar-refractivity contribution in [1.82, 2.24) is 0 Å². The molecule has 0 fully saturated rings. The van der Waals surface area contributed by atoms with E-state index in [4.69, 9.17) is 34.8 Å². The molecule has 78 valence electrons. The summed E-state index contributed by atoms with van der Waals surface area (Å²) in [7, 11) is 1.49. The molecule has 0 aliphatic rings. The Morgan fingerprint density at radius 1 is 1.36 bits per heavy atom. The van der Waals surface area contributed by atoms with E-state index in [2.05, 4.69) is 9.99 Å². The highest BCUT2D eigenvalue weighted by molar-refractivity contribution is 7.20. The van der Waals surface area contributed by atoms with E-state index in [9.17, 15) is 0 Å². The van der Waals surface area contributed by atoms with Crippen molar-refractivity contribution in [2.24, 2.45) is 5.16 Å². The van der Waals surface area contributed by atoms with Crippen LogP contribution in [0.3, 0.4) is 0 Å². The zero-order valence-electron chi connectivity index (χ0n) is 7.60. The highest BCUT2D eigenvalue weighted by Gasteiger charge is 2.14. The van der Waals surface area contributed by atoms with Crippen LogP contribution < -0.4 is 0 Å². The smallest absolute Gasteiger partial charge is 0.113 e. The lowest BCUT2D eigenvalue weighted by atomic mass is 10.2. The minimum atomic E-state index is 0.507. The van der Waals surface area contributed by atoms with Crippen molar-refractivity contribution in [1.29, 1.82) is 0 Å². The third-order valence-corrected chi connectivity index (χ3v) is 3.85. The molecule has 0 amide bonds. The first-order chi connectivity index (χ1) is 6.56. The Kier molecular flexibility index (Phi) is 4.51. The summed E-state index contributed by atoms with van der Waals surface area (Å²) < 4.78 is 1.11. The molecule has 1 rings (SSSR count). The van der Waals surface area contributed by atoms with Crippen molar-refractivity contribution in [3.05, 3.63) is 19.3 Å². The highest BCUT2D eigenvalue weighted by Crippen LogP contribution is 2.40. The van der Waals surface area contributed by atoms with E-state index in [1.165, 1.54) is 18.4 Å². The van der Waals surface area contributed by atoms with Crippen LogP contribution in [-0.2, 0) is 11.3 Å². The van der Waals surface area contributed by atoms with E-state index in [0.717, 1.165) is 11.3 Å². The average molecular weight is 273 g/mol. The second-order valence-electron chi connectivity index (χ2n) is 2.63. The zero-order chi connectivity index (χ0) is 10.7. The van der Waals surface area contributed by atoms with Gasteiger partial charge in [-0.1, -0.05) is 40.0 Å². The molecular weight excluding hydrogens is 265 g/mol. The Labute approximate surface area is 101 Å². The molecule has 0 radical (unpaired) electrons. The highest BCUT2D eigenvalue weighted by atomic mass is 35.5. The number of hydrogen-bond donors (Lipinski definition) is 0. The predicted molar refractivity (Wildman–Crippen MR) is 63.2 cm³/mol. The summed E-state index contributed by atoms with van der Waals surface area (Å²) in [5, 5.41) is 4.28. The van der Waals surface area contributed by atoms with Gasteiger partial charge in [0, 0.05) is 12.0 Å². The molecule has 2 nitrogen and oxygen atoms in total. The lowest BCUT2D eigenvalue weighted by molar-refractivity contribution is 0.212. The van der Waals surface area contributed by atoms with Gasteiger partial charge < -0.3 is 4.84 Å². The third-order valence-electron chi connectivity index (χ3n) is 1.53. The molecule has 0 saturated carbocycles. The molecule has 1 aromatic heterocycles. The summed E-state index contributed by atoms with van der Waals surface area (Å²) in [6.07, 6.45) is 0.550. The normalized spacial score (nSPS) is 11.9. The van der Waals surface area contributed by atoms with Gasteiger partial charge in [0.2, 0.25) is 0 Å². The first-order valence-corrected chi connectivity index (χ1v) is 5.70. The molecule has 6 heteroatoms. The summed E-state index contributed by atoms with van der Waals surface area (Å²) in [6.45, 7) is 1.84. The molecule has 0 aromatic carbocycles. The second kappa shape index (κ2) is 5.21. The number of halogens is 3. The molecular formula is C8H8Cl3NOS. The van der Waals surface area contributed by atoms with Gasteiger partial charge in [-0.15, -0.1) is 11.3 Å². The summed E-state index contributed by atoms with van der Waals surface area (Å²) >= 11 is 19.0. The van der Waals surface area contributed by atoms with E-state index in [1.807, 2.05) is 6.92 Å². The van der Waals surface area contributed by atoms with E-state index < -0.39 is 0 Å². The van der Waals surface area contributed by atoms with Crippen LogP contribution >= 0.6 is 46.1 Å². The van der Waals surface area contributed by atoms with Gasteiger partial charge in [0.25, 0.3) is 0 Å². The first kappa shape index (κ1) is 12.1. The maximum Gasteiger partial charge on any atom is 0.113 e. The van der Waals surface area contributed by atoms with Crippen molar-refractivity contribution in [3.63, 3.8) is 0 Å². The van der Waals surface area contributed by atoms with Crippen molar-refractivity contribution >= 4 is 51.9 Å². The molecule has 1 aromatic rings. The lowest BCUT2D eigenvalue weighted by Crippen LogP contribution is -1.97. The van der Waals surface area contributed by atoms with E-state index in [0.29, 0.717) is 20.1 Å². The Morgan fingerprint density at radius 3 is 2.43 bits per heavy atom. The van der Waals surface area contributed by atoms with Crippen LogP contribution in [0.2, 0.25) is 13.7 Å². The molecule has 0 spiro atoms. The van der Waals surface area contributed by atoms with Crippen LogP contribution in [0, 0.1) is 0 Å². The maximum absolute atomic E-state index is 5.96. The number of rotatable bonds is 3. The van der Waals surface area contributed by atoms with Crippen LogP contribution in [0.15, 0.2) is 5.16 Å². The predicted octanol–water partition coefficient (Wildman–Crippen LogP) is 4.27. The van der Waals surface area contributed by atoms with E-state index in [1.54, 1.807) is 0 Å². The fraction of sp³-hybridized carbons (Fsp3) is 0.375. The van der Waals surface area contributed by atoms with Gasteiger partial charge in [0.1, 0.15) is 11.4 Å². The molecule has 1 heterocycles. The van der Waals surface area contributed by atoms with Crippen molar-refractivity contribution in [2.45, 2.75) is 13.3 Å². The van der Waals surface area contributed by atoms with Gasteiger partial charge in [0.05, 0.1) is 15.1 Å². The summed E-state index contributed by atoms with van der Waals surface area (Å²) in [4.78, 5) is 4.63. The molecule has 0 unspecified atom stereocenters. The first-order valence-electron chi connectivity index (χ1n) is 3.75. The minimum absolute atomic E-state index is 0.507. The quantitative estimate of drug-likeness (QED) is 0.595. The lowest BCUT2D eigenvalue weighted by Gasteiger charge is -1.99. The largest absolute Gasteiger partial charge is 0.399 e. The number of nitrogens with zero attached hydrogens (tertiary/aromatic N) is 1. The molecule has 0 aliphatic carbocycles. The number of hydrogen-bond acceptors (Lipinski definition) is 3. The standard InChI is InChI=1S/C8H8Cl3NOS/c1-4(12-13-2)3-5-6(9)8(11)14-7(5)10/h3H2,1-2H3/b12-4+. The van der Waals surface area contributed by atoms with Crippen LogP contribution in [0.1, 0.15) is 12.5 Å². The van der Waals surface area contributed by atoms with Gasteiger partial charge in [0.15, 0.2) is 0 Å². The van der Waals surface area contributed by atoms with E-state index >= 15 is 0 Å². The van der Waals surface area contributed by atoms with Crippen molar-refractivity contribution < 1.29 is 4.84 Å².